The molecule has 2 aliphatic rings. The van der Waals surface area contributed by atoms with E-state index >= 15 is 0 Å². The molecule has 9 heavy (non-hydrogen) atoms. The van der Waals surface area contributed by atoms with E-state index in [9.17, 15) is 0 Å². The molecule has 1 nitrogen and oxygen atoms in total. The summed E-state index contributed by atoms with van der Waals surface area (Å²) in [7, 11) is 0. The highest BCUT2D eigenvalue weighted by molar-refractivity contribution is 4.73. The lowest BCUT2D eigenvalue weighted by atomic mass is 10.1. The van der Waals surface area contributed by atoms with Crippen LogP contribution in [0, 0.1) is 5.92 Å². The normalized spacial score (nSPS) is 48.3. The zero-order valence-electron chi connectivity index (χ0n) is 6.27. The molecular formula is C8H16N+. The van der Waals surface area contributed by atoms with Crippen molar-refractivity contribution in [3.63, 3.8) is 0 Å². The molecule has 0 radical (unpaired) electrons. The summed E-state index contributed by atoms with van der Waals surface area (Å²) in [5, 5.41) is 0. The molecule has 0 aliphatic carbocycles. The van der Waals surface area contributed by atoms with E-state index in [4.69, 9.17) is 0 Å². The SMILES string of the molecule is CC[N+]12CCC(CC1)C2. The Kier molecular flexibility index (Phi) is 1.10. The number of quaternary nitrogens is 1. The minimum Gasteiger partial charge on any atom is -0.324 e. The van der Waals surface area contributed by atoms with Gasteiger partial charge in [0.05, 0.1) is 26.2 Å². The zero-order valence-corrected chi connectivity index (χ0v) is 6.27. The molecule has 2 saturated heterocycles. The van der Waals surface area contributed by atoms with Crippen molar-refractivity contribution in [2.45, 2.75) is 19.8 Å². The van der Waals surface area contributed by atoms with Gasteiger partial charge in [-0.15, -0.1) is 0 Å². The second-order valence-corrected chi connectivity index (χ2v) is 3.73. The fourth-order valence-electron chi connectivity index (χ4n) is 2.53. The second kappa shape index (κ2) is 1.72. The maximum absolute atomic E-state index is 2.34. The molecule has 2 fully saturated rings. The van der Waals surface area contributed by atoms with E-state index in [1.807, 2.05) is 0 Å². The molecule has 2 heterocycles. The van der Waals surface area contributed by atoms with Crippen molar-refractivity contribution in [3.8, 4) is 0 Å². The van der Waals surface area contributed by atoms with Crippen LogP contribution >= 0.6 is 0 Å². The van der Waals surface area contributed by atoms with Gasteiger partial charge in [0.1, 0.15) is 0 Å². The molecule has 0 amide bonds. The minimum atomic E-state index is 1.12. The fraction of sp³-hybridized carbons (Fsp3) is 1.00. The van der Waals surface area contributed by atoms with Gasteiger partial charge in [-0.3, -0.25) is 0 Å². The standard InChI is InChI=1S/C8H16N/c1-2-9-5-3-8(7-9)4-6-9/h8H,2-7H2,1H3/q+1. The Morgan fingerprint density at radius 3 is 2.22 bits per heavy atom. The molecule has 2 bridgehead atoms. The summed E-state index contributed by atoms with van der Waals surface area (Å²) in [4.78, 5) is 0. The van der Waals surface area contributed by atoms with E-state index in [0.717, 1.165) is 5.92 Å². The zero-order chi connectivity index (χ0) is 6.32. The van der Waals surface area contributed by atoms with Crippen molar-refractivity contribution in [1.29, 1.82) is 0 Å². The van der Waals surface area contributed by atoms with E-state index in [0.29, 0.717) is 0 Å². The maximum atomic E-state index is 2.34. The maximum Gasteiger partial charge on any atom is 0.0819 e. The van der Waals surface area contributed by atoms with Gasteiger partial charge in [0.2, 0.25) is 0 Å². The van der Waals surface area contributed by atoms with Crippen LogP contribution in [0.5, 0.6) is 0 Å². The van der Waals surface area contributed by atoms with Crippen molar-refractivity contribution in [2.75, 3.05) is 26.2 Å². The summed E-state index contributed by atoms with van der Waals surface area (Å²) in [6.07, 6.45) is 3.04. The molecule has 0 unspecified atom stereocenters. The van der Waals surface area contributed by atoms with Crippen molar-refractivity contribution >= 4 is 0 Å². The Morgan fingerprint density at radius 2 is 2.00 bits per heavy atom. The first-order valence-corrected chi connectivity index (χ1v) is 4.20. The Hall–Kier alpha value is -0.0400. The molecular weight excluding hydrogens is 110 g/mol. The molecule has 52 valence electrons. The Labute approximate surface area is 57.3 Å². The fourth-order valence-corrected chi connectivity index (χ4v) is 2.53. The van der Waals surface area contributed by atoms with Gasteiger partial charge < -0.3 is 4.48 Å². The van der Waals surface area contributed by atoms with Crippen molar-refractivity contribution < 1.29 is 4.48 Å². The molecule has 2 rings (SSSR count). The van der Waals surface area contributed by atoms with Gasteiger partial charge in [0.25, 0.3) is 0 Å². The highest BCUT2D eigenvalue weighted by Crippen LogP contribution is 2.34. The lowest BCUT2D eigenvalue weighted by Gasteiger charge is -2.29. The number of rotatable bonds is 1. The van der Waals surface area contributed by atoms with Crippen LogP contribution in [0.25, 0.3) is 0 Å². The van der Waals surface area contributed by atoms with Crippen LogP contribution in [-0.2, 0) is 0 Å². The second-order valence-electron chi connectivity index (χ2n) is 3.73. The van der Waals surface area contributed by atoms with Crippen LogP contribution in [0.15, 0.2) is 0 Å². The summed E-state index contributed by atoms with van der Waals surface area (Å²) >= 11 is 0. The largest absolute Gasteiger partial charge is 0.324 e. The topological polar surface area (TPSA) is 0 Å². The monoisotopic (exact) mass is 126 g/mol. The molecule has 0 N–H and O–H groups in total. The first kappa shape index (κ1) is 5.72. The third-order valence-corrected chi connectivity index (χ3v) is 3.34. The van der Waals surface area contributed by atoms with Crippen LogP contribution in [0.4, 0.5) is 0 Å². The summed E-state index contributed by atoms with van der Waals surface area (Å²) < 4.78 is 1.46. The molecule has 0 atom stereocenters. The first-order chi connectivity index (χ1) is 4.35. The van der Waals surface area contributed by atoms with Gasteiger partial charge in [0.15, 0.2) is 0 Å². The third-order valence-electron chi connectivity index (χ3n) is 3.34. The molecule has 0 aromatic carbocycles. The van der Waals surface area contributed by atoms with E-state index in [-0.39, 0.29) is 0 Å². The van der Waals surface area contributed by atoms with Gasteiger partial charge in [-0.1, -0.05) is 0 Å². The van der Waals surface area contributed by atoms with Gasteiger partial charge in [-0.05, 0) is 6.92 Å². The van der Waals surface area contributed by atoms with E-state index in [1.165, 1.54) is 43.5 Å². The highest BCUT2D eigenvalue weighted by atomic mass is 15.4. The minimum absolute atomic E-state index is 1.12. The van der Waals surface area contributed by atoms with Crippen molar-refractivity contribution in [2.24, 2.45) is 5.92 Å². The van der Waals surface area contributed by atoms with Crippen LogP contribution in [0.3, 0.4) is 0 Å². The van der Waals surface area contributed by atoms with Crippen molar-refractivity contribution in [1.82, 2.24) is 0 Å². The average molecular weight is 126 g/mol. The summed E-state index contributed by atoms with van der Waals surface area (Å²) in [5.41, 5.74) is 0. The molecule has 1 heteroatoms. The Morgan fingerprint density at radius 1 is 1.33 bits per heavy atom. The first-order valence-electron chi connectivity index (χ1n) is 4.20. The van der Waals surface area contributed by atoms with E-state index in [1.54, 1.807) is 0 Å². The van der Waals surface area contributed by atoms with Gasteiger partial charge in [-0.25, -0.2) is 0 Å². The van der Waals surface area contributed by atoms with Crippen molar-refractivity contribution in [3.05, 3.63) is 0 Å². The number of hydrogen-bond acceptors (Lipinski definition) is 0. The molecule has 0 saturated carbocycles. The molecule has 0 aromatic rings. The quantitative estimate of drug-likeness (QED) is 0.464. The van der Waals surface area contributed by atoms with Crippen LogP contribution in [0.2, 0.25) is 0 Å². The van der Waals surface area contributed by atoms with Gasteiger partial charge >= 0.3 is 0 Å². The van der Waals surface area contributed by atoms with Crippen LogP contribution in [-0.4, -0.2) is 30.7 Å². The van der Waals surface area contributed by atoms with Gasteiger partial charge in [-0.2, -0.15) is 0 Å². The van der Waals surface area contributed by atoms with Gasteiger partial charge in [0, 0.05) is 18.8 Å². The summed E-state index contributed by atoms with van der Waals surface area (Å²) in [6.45, 7) is 8.21. The molecule has 2 aliphatic heterocycles. The van der Waals surface area contributed by atoms with E-state index < -0.39 is 0 Å². The smallest absolute Gasteiger partial charge is 0.0819 e. The predicted octanol–water partition coefficient (Wildman–Crippen LogP) is 1.25. The number of hydrogen-bond donors (Lipinski definition) is 0. The highest BCUT2D eigenvalue weighted by Gasteiger charge is 2.42. The number of piperidine rings is 1. The average Bonchev–Trinajstić information content (AvgIpc) is 2.46. The predicted molar refractivity (Wildman–Crippen MR) is 38.1 cm³/mol. The number of nitrogens with zero attached hydrogens (tertiary/aromatic N) is 1. The third kappa shape index (κ3) is 0.710. The Bertz CT molecular complexity index is 112. The lowest BCUT2D eigenvalue weighted by molar-refractivity contribution is -0.907. The molecule has 0 spiro atoms. The molecule has 0 aromatic heterocycles. The Balaban J connectivity index is 2.13. The number of fused-ring (bicyclic) bond motifs is 2. The van der Waals surface area contributed by atoms with Crippen LogP contribution < -0.4 is 0 Å². The lowest BCUT2D eigenvalue weighted by Crippen LogP contribution is -2.42. The summed E-state index contributed by atoms with van der Waals surface area (Å²) in [5.74, 6) is 1.12. The summed E-state index contributed by atoms with van der Waals surface area (Å²) in [6, 6.07) is 0. The van der Waals surface area contributed by atoms with E-state index in [2.05, 4.69) is 6.92 Å². The van der Waals surface area contributed by atoms with Crippen LogP contribution in [0.1, 0.15) is 19.8 Å².